The molecule has 3 heteroatoms. The highest BCUT2D eigenvalue weighted by atomic mass is 14.6. The lowest BCUT2D eigenvalue weighted by Gasteiger charge is -2.42. The highest BCUT2D eigenvalue weighted by molar-refractivity contribution is 5.72. The molecule has 0 heterocycles. The number of rotatable bonds is 0. The van der Waals surface area contributed by atoms with Crippen molar-refractivity contribution in [1.29, 1.82) is 5.26 Å². The second-order valence-corrected chi connectivity index (χ2v) is 6.67. The maximum absolute atomic E-state index is 9.33. The van der Waals surface area contributed by atoms with E-state index in [0.29, 0.717) is 16.9 Å². The summed E-state index contributed by atoms with van der Waals surface area (Å²) in [6.45, 7) is 14.7. The topological polar surface area (TPSA) is 32.5 Å². The van der Waals surface area contributed by atoms with Crippen molar-refractivity contribution in [3.8, 4) is 6.07 Å². The molecule has 0 aliphatic heterocycles. The monoisotopic (exact) mass is 329 g/mol. The van der Waals surface area contributed by atoms with Gasteiger partial charge in [0.05, 0.1) is 24.8 Å². The van der Waals surface area contributed by atoms with Crippen LogP contribution in [0.25, 0.3) is 9.69 Å². The quantitative estimate of drug-likeness (QED) is 0.338. The van der Waals surface area contributed by atoms with Crippen LogP contribution in [0.1, 0.15) is 50.8 Å². The zero-order valence-electron chi connectivity index (χ0n) is 13.7. The van der Waals surface area contributed by atoms with E-state index >= 15 is 0 Å². The van der Waals surface area contributed by atoms with E-state index in [1.54, 1.807) is 0 Å². The first kappa shape index (κ1) is 14.5. The molecule has 0 fully saturated rings. The van der Waals surface area contributed by atoms with Crippen LogP contribution in [-0.2, 0) is 0 Å². The van der Waals surface area contributed by atoms with Gasteiger partial charge >= 0.3 is 0 Å². The lowest BCUT2D eigenvalue weighted by Crippen LogP contribution is -2.27. The zero-order chi connectivity index (χ0) is 17.8. The van der Waals surface area contributed by atoms with Gasteiger partial charge in [-0.2, -0.15) is 5.26 Å². The first-order chi connectivity index (χ1) is 12.7. The molecule has 0 aromatic heterocycles. The SMILES string of the molecule is [C-]#[N+]c1ccc2c(c1)C1c3cc(C#N)ccc3C2c2ccc([N+]#[C-])cc21. The molecule has 0 atom stereocenters. The first-order valence-corrected chi connectivity index (χ1v) is 8.31. The molecule has 2 bridgehead atoms. The Labute approximate surface area is 151 Å². The number of benzene rings is 3. The molecule has 118 valence electrons. The Morgan fingerprint density at radius 2 is 1.12 bits per heavy atom. The minimum Gasteiger partial charge on any atom is -0.238 e. The summed E-state index contributed by atoms with van der Waals surface area (Å²) in [4.78, 5) is 7.18. The molecular weight excluding hydrogens is 318 g/mol. The predicted molar refractivity (Wildman–Crippen MR) is 98.5 cm³/mol. The summed E-state index contributed by atoms with van der Waals surface area (Å²) in [7, 11) is 0. The Kier molecular flexibility index (Phi) is 2.82. The lowest BCUT2D eigenvalue weighted by molar-refractivity contribution is 0.755. The summed E-state index contributed by atoms with van der Waals surface area (Å²) < 4.78 is 0. The number of nitrogens with zero attached hydrogens (tertiary/aromatic N) is 3. The van der Waals surface area contributed by atoms with Gasteiger partial charge in [-0.1, -0.05) is 42.5 Å². The fraction of sp³-hybridized carbons (Fsp3) is 0.0870. The van der Waals surface area contributed by atoms with Crippen molar-refractivity contribution in [3.63, 3.8) is 0 Å². The van der Waals surface area contributed by atoms with Gasteiger partial charge in [0.1, 0.15) is 0 Å². The molecule has 0 saturated heterocycles. The van der Waals surface area contributed by atoms with Gasteiger partial charge < -0.3 is 0 Å². The van der Waals surface area contributed by atoms with Gasteiger partial charge in [-0.25, -0.2) is 9.69 Å². The summed E-state index contributed by atoms with van der Waals surface area (Å²) in [6.07, 6.45) is 0. The molecule has 0 N–H and O–H groups in total. The number of hydrogen-bond acceptors (Lipinski definition) is 1. The molecule has 0 unspecified atom stereocenters. The lowest BCUT2D eigenvalue weighted by atomic mass is 9.61. The van der Waals surface area contributed by atoms with Crippen molar-refractivity contribution < 1.29 is 0 Å². The molecular formula is C23H11N3. The summed E-state index contributed by atoms with van der Waals surface area (Å²) in [5.74, 6) is 0.0593. The summed E-state index contributed by atoms with van der Waals surface area (Å²) in [5.41, 5.74) is 8.93. The minimum absolute atomic E-state index is 0.0308. The Morgan fingerprint density at radius 1 is 0.654 bits per heavy atom. The fourth-order valence-electron chi connectivity index (χ4n) is 4.45. The van der Waals surface area contributed by atoms with E-state index in [1.165, 1.54) is 16.7 Å². The third kappa shape index (κ3) is 1.74. The van der Waals surface area contributed by atoms with E-state index in [2.05, 4.69) is 34.0 Å². The fourth-order valence-corrected chi connectivity index (χ4v) is 4.45. The van der Waals surface area contributed by atoms with Gasteiger partial charge in [0, 0.05) is 11.8 Å². The second kappa shape index (κ2) is 5.06. The molecule has 0 amide bonds. The Balaban J connectivity index is 1.87. The predicted octanol–water partition coefficient (Wildman–Crippen LogP) is 5.65. The van der Waals surface area contributed by atoms with Gasteiger partial charge in [0.15, 0.2) is 11.4 Å². The molecule has 0 spiro atoms. The van der Waals surface area contributed by atoms with Crippen LogP contribution in [0.4, 0.5) is 11.4 Å². The van der Waals surface area contributed by atoms with E-state index in [0.717, 1.165) is 16.7 Å². The zero-order valence-corrected chi connectivity index (χ0v) is 13.7. The van der Waals surface area contributed by atoms with Gasteiger partial charge in [-0.05, 0) is 45.5 Å². The van der Waals surface area contributed by atoms with Crippen LogP contribution in [0.5, 0.6) is 0 Å². The first-order valence-electron chi connectivity index (χ1n) is 8.31. The molecule has 0 saturated carbocycles. The molecule has 0 radical (unpaired) electrons. The maximum atomic E-state index is 9.33. The van der Waals surface area contributed by atoms with E-state index in [-0.39, 0.29) is 11.8 Å². The van der Waals surface area contributed by atoms with Gasteiger partial charge in [0.2, 0.25) is 0 Å². The third-order valence-corrected chi connectivity index (χ3v) is 5.48. The van der Waals surface area contributed by atoms with E-state index < -0.39 is 0 Å². The van der Waals surface area contributed by atoms with Crippen molar-refractivity contribution in [1.82, 2.24) is 0 Å². The third-order valence-electron chi connectivity index (χ3n) is 5.48. The average Bonchev–Trinajstić information content (AvgIpc) is 2.71. The smallest absolute Gasteiger partial charge is 0.187 e. The Bertz CT molecular complexity index is 1080. The molecule has 6 rings (SSSR count). The van der Waals surface area contributed by atoms with Crippen molar-refractivity contribution in [2.24, 2.45) is 0 Å². The van der Waals surface area contributed by atoms with Crippen molar-refractivity contribution in [2.45, 2.75) is 11.8 Å². The molecule has 3 aromatic rings. The van der Waals surface area contributed by atoms with Gasteiger partial charge in [-0.15, -0.1) is 0 Å². The maximum Gasteiger partial charge on any atom is 0.187 e. The van der Waals surface area contributed by atoms with Crippen molar-refractivity contribution in [3.05, 3.63) is 116 Å². The highest BCUT2D eigenvalue weighted by Crippen LogP contribution is 2.56. The molecule has 3 aromatic carbocycles. The number of nitriles is 1. The number of hydrogen-bond donors (Lipinski definition) is 0. The van der Waals surface area contributed by atoms with Crippen LogP contribution in [0, 0.1) is 24.5 Å². The molecule has 3 aliphatic rings. The van der Waals surface area contributed by atoms with Crippen LogP contribution in [-0.4, -0.2) is 0 Å². The Morgan fingerprint density at radius 3 is 1.62 bits per heavy atom. The Hall–Kier alpha value is -3.87. The molecule has 3 nitrogen and oxygen atoms in total. The molecule has 3 aliphatic carbocycles. The van der Waals surface area contributed by atoms with E-state index in [4.69, 9.17) is 13.1 Å². The molecule has 26 heavy (non-hydrogen) atoms. The van der Waals surface area contributed by atoms with Gasteiger partial charge in [0.25, 0.3) is 0 Å². The average molecular weight is 329 g/mol. The van der Waals surface area contributed by atoms with E-state index in [9.17, 15) is 5.26 Å². The van der Waals surface area contributed by atoms with Gasteiger partial charge in [-0.3, -0.25) is 0 Å². The minimum atomic E-state index is -0.0308. The standard InChI is InChI=1S/C23H11N3/c1-25-14-4-7-17-20(10-14)23-19-9-13(12-24)3-6-16(19)22(17)18-8-5-15(26-2)11-21(18)23/h3-11,22-23H. The normalized spacial score (nSPS) is 17.9. The summed E-state index contributed by atoms with van der Waals surface area (Å²) >= 11 is 0. The van der Waals surface area contributed by atoms with Crippen LogP contribution >= 0.6 is 0 Å². The van der Waals surface area contributed by atoms with Crippen molar-refractivity contribution >= 4 is 11.4 Å². The van der Waals surface area contributed by atoms with Crippen LogP contribution in [0.3, 0.4) is 0 Å². The second-order valence-electron chi connectivity index (χ2n) is 6.67. The largest absolute Gasteiger partial charge is 0.238 e. The van der Waals surface area contributed by atoms with Crippen LogP contribution in [0.2, 0.25) is 0 Å². The van der Waals surface area contributed by atoms with Crippen LogP contribution in [0.15, 0.2) is 54.6 Å². The van der Waals surface area contributed by atoms with E-state index in [1.807, 2.05) is 36.4 Å². The van der Waals surface area contributed by atoms with Crippen LogP contribution < -0.4 is 0 Å². The summed E-state index contributed by atoms with van der Waals surface area (Å²) in [5, 5.41) is 9.33. The highest BCUT2D eigenvalue weighted by Gasteiger charge is 2.41. The summed E-state index contributed by atoms with van der Waals surface area (Å²) in [6, 6.07) is 19.9. The van der Waals surface area contributed by atoms with Crippen molar-refractivity contribution in [2.75, 3.05) is 0 Å².